The third-order valence-electron chi connectivity index (χ3n) is 2.90. The van der Waals surface area contributed by atoms with E-state index >= 15 is 0 Å². The highest BCUT2D eigenvalue weighted by Gasteiger charge is 2.31. The molecule has 0 amide bonds. The summed E-state index contributed by atoms with van der Waals surface area (Å²) in [5.41, 5.74) is 0.859. The van der Waals surface area contributed by atoms with Gasteiger partial charge in [0.05, 0.1) is 0 Å². The second-order valence-electron chi connectivity index (χ2n) is 4.40. The van der Waals surface area contributed by atoms with Gasteiger partial charge in [0.2, 0.25) is 0 Å². The van der Waals surface area contributed by atoms with Gasteiger partial charge in [-0.1, -0.05) is 26.0 Å². The molecule has 0 heterocycles. The predicted octanol–water partition coefficient (Wildman–Crippen LogP) is 3.91. The van der Waals surface area contributed by atoms with Gasteiger partial charge in [-0.3, -0.25) is 0 Å². The van der Waals surface area contributed by atoms with E-state index in [9.17, 15) is 13.2 Å². The van der Waals surface area contributed by atoms with Crippen molar-refractivity contribution in [2.45, 2.75) is 45.5 Å². The zero-order chi connectivity index (χ0) is 14.3. The molecule has 0 spiro atoms. The fourth-order valence-corrected chi connectivity index (χ4v) is 1.98. The quantitative estimate of drug-likeness (QED) is 0.814. The monoisotopic (exact) mass is 275 g/mol. The first-order valence-electron chi connectivity index (χ1n) is 6.52. The highest BCUT2D eigenvalue weighted by molar-refractivity contribution is 5.28. The maximum absolute atomic E-state index is 12.1. The molecule has 0 aliphatic rings. The zero-order valence-corrected chi connectivity index (χ0v) is 11.3. The number of rotatable bonds is 7. The topological polar surface area (TPSA) is 21.3 Å². The van der Waals surface area contributed by atoms with E-state index in [1.165, 1.54) is 12.1 Å². The maximum atomic E-state index is 12.1. The van der Waals surface area contributed by atoms with Crippen LogP contribution in [0.5, 0.6) is 5.75 Å². The molecule has 0 saturated carbocycles. The summed E-state index contributed by atoms with van der Waals surface area (Å²) in [6.07, 6.45) is -1.98. The van der Waals surface area contributed by atoms with Crippen LogP contribution in [0.4, 0.5) is 13.2 Å². The van der Waals surface area contributed by atoms with Crippen LogP contribution in [0.2, 0.25) is 0 Å². The van der Waals surface area contributed by atoms with Crippen molar-refractivity contribution >= 4 is 0 Å². The summed E-state index contributed by atoms with van der Waals surface area (Å²) in [5, 5.41) is 3.34. The smallest absolute Gasteiger partial charge is 0.406 e. The Hall–Kier alpha value is -1.23. The van der Waals surface area contributed by atoms with Crippen LogP contribution in [0.15, 0.2) is 24.3 Å². The molecule has 1 aromatic rings. The largest absolute Gasteiger partial charge is 0.573 e. The summed E-state index contributed by atoms with van der Waals surface area (Å²) in [6.45, 7) is 5.03. The standard InChI is InChI=1S/C14H20F3NO/c1-3-12(18-4-2)9-8-11-6-5-7-13(10-11)19-14(15,16)17/h5-7,10,12,18H,3-4,8-9H2,1-2H3. The van der Waals surface area contributed by atoms with Crippen LogP contribution < -0.4 is 10.1 Å². The molecule has 1 rings (SSSR count). The van der Waals surface area contributed by atoms with Crippen LogP contribution in [0.3, 0.4) is 0 Å². The molecule has 0 saturated heterocycles. The predicted molar refractivity (Wildman–Crippen MR) is 69.2 cm³/mol. The van der Waals surface area contributed by atoms with Gasteiger partial charge in [-0.25, -0.2) is 0 Å². The molecule has 0 aliphatic heterocycles. The van der Waals surface area contributed by atoms with Crippen LogP contribution in [0.1, 0.15) is 32.3 Å². The SMILES string of the molecule is CCNC(CC)CCc1cccc(OC(F)(F)F)c1. The highest BCUT2D eigenvalue weighted by atomic mass is 19.4. The molecule has 0 aromatic heterocycles. The summed E-state index contributed by atoms with van der Waals surface area (Å²) in [4.78, 5) is 0. The number of hydrogen-bond donors (Lipinski definition) is 1. The van der Waals surface area contributed by atoms with Crippen molar-refractivity contribution in [2.24, 2.45) is 0 Å². The van der Waals surface area contributed by atoms with Crippen molar-refractivity contribution in [3.8, 4) is 5.75 Å². The Labute approximate surface area is 112 Å². The molecule has 1 unspecified atom stereocenters. The molecule has 108 valence electrons. The molecule has 0 fully saturated rings. The minimum atomic E-state index is -4.63. The van der Waals surface area contributed by atoms with E-state index in [0.717, 1.165) is 31.4 Å². The van der Waals surface area contributed by atoms with Gasteiger partial charge in [0, 0.05) is 6.04 Å². The molecule has 1 atom stereocenters. The number of halogens is 3. The summed E-state index contributed by atoms with van der Waals surface area (Å²) >= 11 is 0. The average Bonchev–Trinajstić information content (AvgIpc) is 2.33. The minimum Gasteiger partial charge on any atom is -0.406 e. The Kier molecular flexibility index (Phi) is 6.15. The molecule has 5 heteroatoms. The number of alkyl halides is 3. The van der Waals surface area contributed by atoms with Gasteiger partial charge in [-0.15, -0.1) is 13.2 Å². The fourth-order valence-electron chi connectivity index (χ4n) is 1.98. The second kappa shape index (κ2) is 7.38. The van der Waals surface area contributed by atoms with Crippen molar-refractivity contribution in [2.75, 3.05) is 6.54 Å². The van der Waals surface area contributed by atoms with Gasteiger partial charge in [-0.05, 0) is 43.5 Å². The summed E-state index contributed by atoms with van der Waals surface area (Å²) in [5.74, 6) is -0.151. The molecule has 2 nitrogen and oxygen atoms in total. The lowest BCUT2D eigenvalue weighted by molar-refractivity contribution is -0.274. The fraction of sp³-hybridized carbons (Fsp3) is 0.571. The van der Waals surface area contributed by atoms with Crippen LogP contribution in [-0.4, -0.2) is 18.9 Å². The van der Waals surface area contributed by atoms with E-state index < -0.39 is 6.36 Å². The Balaban J connectivity index is 2.57. The first-order chi connectivity index (χ1) is 8.94. The molecule has 0 bridgehead atoms. The summed E-state index contributed by atoms with van der Waals surface area (Å²) < 4.78 is 40.2. The van der Waals surface area contributed by atoms with Gasteiger partial charge in [0.15, 0.2) is 0 Å². The normalized spacial score (nSPS) is 13.3. The lowest BCUT2D eigenvalue weighted by atomic mass is 10.0. The van der Waals surface area contributed by atoms with E-state index in [-0.39, 0.29) is 5.75 Å². The Bertz CT molecular complexity index is 379. The van der Waals surface area contributed by atoms with Gasteiger partial charge < -0.3 is 10.1 Å². The number of aryl methyl sites for hydroxylation is 1. The molecule has 1 aromatic carbocycles. The lowest BCUT2D eigenvalue weighted by Gasteiger charge is -2.16. The first-order valence-corrected chi connectivity index (χ1v) is 6.52. The first kappa shape index (κ1) is 15.8. The molecular weight excluding hydrogens is 255 g/mol. The molecule has 0 radical (unpaired) electrons. The number of nitrogens with one attached hydrogen (secondary N) is 1. The lowest BCUT2D eigenvalue weighted by Crippen LogP contribution is -2.28. The highest BCUT2D eigenvalue weighted by Crippen LogP contribution is 2.23. The number of benzene rings is 1. The molecule has 19 heavy (non-hydrogen) atoms. The third-order valence-corrected chi connectivity index (χ3v) is 2.90. The van der Waals surface area contributed by atoms with Gasteiger partial charge >= 0.3 is 6.36 Å². The average molecular weight is 275 g/mol. The van der Waals surface area contributed by atoms with Crippen LogP contribution >= 0.6 is 0 Å². The van der Waals surface area contributed by atoms with Crippen molar-refractivity contribution in [1.29, 1.82) is 0 Å². The Morgan fingerprint density at radius 2 is 2.00 bits per heavy atom. The zero-order valence-electron chi connectivity index (χ0n) is 11.3. The molecular formula is C14H20F3NO. The van der Waals surface area contributed by atoms with E-state index in [0.29, 0.717) is 6.04 Å². The van der Waals surface area contributed by atoms with E-state index in [4.69, 9.17) is 0 Å². The number of hydrogen-bond acceptors (Lipinski definition) is 2. The summed E-state index contributed by atoms with van der Waals surface area (Å²) in [7, 11) is 0. The van der Waals surface area contributed by atoms with Crippen LogP contribution in [0, 0.1) is 0 Å². The molecule has 1 N–H and O–H groups in total. The van der Waals surface area contributed by atoms with Crippen molar-refractivity contribution in [3.63, 3.8) is 0 Å². The van der Waals surface area contributed by atoms with E-state index in [2.05, 4.69) is 17.0 Å². The minimum absolute atomic E-state index is 0.151. The van der Waals surface area contributed by atoms with Crippen LogP contribution in [-0.2, 0) is 6.42 Å². The Morgan fingerprint density at radius 1 is 1.26 bits per heavy atom. The maximum Gasteiger partial charge on any atom is 0.573 e. The van der Waals surface area contributed by atoms with Gasteiger partial charge in [-0.2, -0.15) is 0 Å². The number of ether oxygens (including phenoxy) is 1. The van der Waals surface area contributed by atoms with E-state index in [1.807, 2.05) is 13.0 Å². The second-order valence-corrected chi connectivity index (χ2v) is 4.40. The Morgan fingerprint density at radius 3 is 2.58 bits per heavy atom. The molecule has 0 aliphatic carbocycles. The summed E-state index contributed by atoms with van der Waals surface area (Å²) in [6, 6.07) is 6.58. The van der Waals surface area contributed by atoms with Crippen molar-refractivity contribution in [3.05, 3.63) is 29.8 Å². The van der Waals surface area contributed by atoms with Crippen molar-refractivity contribution < 1.29 is 17.9 Å². The third kappa shape index (κ3) is 6.47. The van der Waals surface area contributed by atoms with Gasteiger partial charge in [0.1, 0.15) is 5.75 Å². The van der Waals surface area contributed by atoms with Crippen molar-refractivity contribution in [1.82, 2.24) is 5.32 Å². The van der Waals surface area contributed by atoms with Gasteiger partial charge in [0.25, 0.3) is 0 Å². The van der Waals surface area contributed by atoms with E-state index in [1.54, 1.807) is 6.07 Å². The van der Waals surface area contributed by atoms with Crippen LogP contribution in [0.25, 0.3) is 0 Å².